The smallest absolute Gasteiger partial charge is 1.00 e. The van der Waals surface area contributed by atoms with Crippen LogP contribution in [0, 0.1) is 0 Å². The van der Waals surface area contributed by atoms with Gasteiger partial charge in [-0.25, -0.2) is 4.79 Å². The number of carboxylic acid groups (broad SMARTS) is 2. The third-order valence-electron chi connectivity index (χ3n) is 0.175. The topological polar surface area (TPSA) is 77.4 Å². The molecule has 11 heavy (non-hydrogen) atoms. The van der Waals surface area contributed by atoms with Crippen LogP contribution in [0.25, 0.3) is 0 Å². The number of carbonyl (C=O) groups is 2. The predicted molar refractivity (Wildman–Crippen MR) is 12.6 cm³/mol. The van der Waals surface area contributed by atoms with Crippen LogP contribution >= 0.6 is 0 Å². The Balaban J connectivity index is -0.0000000125. The van der Waals surface area contributed by atoms with E-state index in [-0.39, 0.29) is 72.0 Å². The van der Waals surface area contributed by atoms with Gasteiger partial charge in [-0.1, -0.05) is 0 Å². The van der Waals surface area contributed by atoms with Crippen LogP contribution in [0.3, 0.4) is 0 Å². The Labute approximate surface area is 103 Å². The van der Waals surface area contributed by atoms with Crippen LogP contribution in [-0.4, -0.2) is 17.0 Å². The molecular weight excluding hydrogens is 323 g/mol. The first-order valence-electron chi connectivity index (χ1n) is 1.09. The van der Waals surface area contributed by atoms with Crippen molar-refractivity contribution in [2.24, 2.45) is 0 Å². The minimum atomic E-state index is -2.07. The van der Waals surface area contributed by atoms with E-state index >= 15 is 0 Å². The summed E-state index contributed by atoms with van der Waals surface area (Å²) >= 11 is 0. The van der Waals surface area contributed by atoms with Crippen molar-refractivity contribution in [1.29, 1.82) is 0 Å². The number of aliphatic carboxylic acids is 2. The first-order valence-corrected chi connectivity index (χ1v) is 1.09. The third kappa shape index (κ3) is 36.2. The molecule has 0 heterocycles. The van der Waals surface area contributed by atoms with Crippen LogP contribution in [-0.2, 0) is 32.0 Å². The summed E-state index contributed by atoms with van der Waals surface area (Å²) in [6.45, 7) is 0. The normalized spacial score (nSPS) is 4.00. The SMILES string of the molecule is O=C([O-])C(=O)O.[Cl-].[Cl-].[Cl-].[Cl-].[Nb+5]. The Hall–Kier alpha value is 0.840. The van der Waals surface area contributed by atoms with Gasteiger partial charge in [0.15, 0.2) is 5.97 Å². The Morgan fingerprint density at radius 2 is 1.09 bits per heavy atom. The van der Waals surface area contributed by atoms with E-state index in [1.54, 1.807) is 0 Å². The van der Waals surface area contributed by atoms with Crippen molar-refractivity contribution >= 4 is 11.9 Å². The first-order chi connectivity index (χ1) is 2.64. The fourth-order valence-corrected chi connectivity index (χ4v) is 0. The van der Waals surface area contributed by atoms with Gasteiger partial charge in [0.05, 0.1) is 0 Å². The van der Waals surface area contributed by atoms with Crippen LogP contribution in [0.2, 0.25) is 0 Å². The van der Waals surface area contributed by atoms with Gasteiger partial charge in [0.1, 0.15) is 0 Å². The van der Waals surface area contributed by atoms with E-state index in [2.05, 4.69) is 0 Å². The number of carboxylic acids is 2. The van der Waals surface area contributed by atoms with Crippen LogP contribution in [0.4, 0.5) is 0 Å². The molecule has 0 aromatic heterocycles. The second kappa shape index (κ2) is 22.4. The van der Waals surface area contributed by atoms with E-state index in [4.69, 9.17) is 19.8 Å². The van der Waals surface area contributed by atoms with Gasteiger partial charge in [-0.05, 0) is 0 Å². The molecule has 1 N–H and O–H groups in total. The van der Waals surface area contributed by atoms with Crippen LogP contribution in [0.1, 0.15) is 0 Å². The van der Waals surface area contributed by atoms with Crippen LogP contribution < -0.4 is 54.7 Å². The number of hydrogen-bond donors (Lipinski definition) is 1. The molecule has 0 radical (unpaired) electrons. The van der Waals surface area contributed by atoms with Gasteiger partial charge in [-0.2, -0.15) is 0 Å². The fraction of sp³-hybridized carbons (Fsp3) is 0. The van der Waals surface area contributed by atoms with Gasteiger partial charge in [0.25, 0.3) is 0 Å². The Morgan fingerprint density at radius 1 is 1.00 bits per heavy atom. The number of halogens is 4. The summed E-state index contributed by atoms with van der Waals surface area (Å²) in [6.07, 6.45) is 0. The summed E-state index contributed by atoms with van der Waals surface area (Å²) in [6, 6.07) is 0. The van der Waals surface area contributed by atoms with Gasteiger partial charge in [-0.3, -0.25) is 0 Å². The standard InChI is InChI=1S/C2H2O4.4ClH.Nb/c3-1(4)2(5)6;;;;;/h(H,3,4)(H,5,6);4*1H;/q;;;;;+5/p-5. The monoisotopic (exact) mass is 322 g/mol. The van der Waals surface area contributed by atoms with Gasteiger partial charge >= 0.3 is 28.3 Å². The molecule has 0 rings (SSSR count). The van der Waals surface area contributed by atoms with Crippen molar-refractivity contribution in [3.63, 3.8) is 0 Å². The zero-order valence-electron chi connectivity index (χ0n) is 4.63. The van der Waals surface area contributed by atoms with Gasteiger partial charge in [0, 0.05) is 0 Å². The molecule has 66 valence electrons. The molecule has 0 aliphatic carbocycles. The molecule has 0 spiro atoms. The quantitative estimate of drug-likeness (QED) is 0.355. The van der Waals surface area contributed by atoms with E-state index in [9.17, 15) is 0 Å². The fourth-order valence-electron chi connectivity index (χ4n) is 0. The van der Waals surface area contributed by atoms with Crippen molar-refractivity contribution < 1.29 is 91.8 Å². The Kier molecular flexibility index (Phi) is 83.2. The summed E-state index contributed by atoms with van der Waals surface area (Å²) < 4.78 is 0. The number of carbonyl (C=O) groups excluding carboxylic acids is 1. The van der Waals surface area contributed by atoms with Crippen molar-refractivity contribution in [3.8, 4) is 0 Å². The van der Waals surface area contributed by atoms with Crippen molar-refractivity contribution in [2.75, 3.05) is 0 Å². The van der Waals surface area contributed by atoms with E-state index in [1.165, 1.54) is 0 Å². The van der Waals surface area contributed by atoms with Crippen LogP contribution in [0.15, 0.2) is 0 Å². The predicted octanol–water partition coefficient (Wildman–Crippen LogP) is -14.2. The molecule has 0 unspecified atom stereocenters. The molecule has 0 aliphatic heterocycles. The van der Waals surface area contributed by atoms with E-state index < -0.39 is 11.9 Å². The molecule has 0 aliphatic rings. The minimum absolute atomic E-state index is 0. The summed E-state index contributed by atoms with van der Waals surface area (Å²) in [4.78, 5) is 18.0. The molecule has 0 aromatic rings. The maximum absolute atomic E-state index is 9.04. The van der Waals surface area contributed by atoms with Crippen molar-refractivity contribution in [3.05, 3.63) is 0 Å². The maximum Gasteiger partial charge on any atom is 5.00 e. The minimum Gasteiger partial charge on any atom is -1.00 e. The third-order valence-corrected chi connectivity index (χ3v) is 0.175. The molecular formula is C2HCl4NbO4. The number of hydrogen-bond acceptors (Lipinski definition) is 3. The molecule has 0 atom stereocenters. The second-order valence-electron chi connectivity index (χ2n) is 0.593. The molecule has 0 aromatic carbocycles. The molecule has 9 heteroatoms. The molecule has 0 amide bonds. The van der Waals surface area contributed by atoms with E-state index in [1.807, 2.05) is 0 Å². The Morgan fingerprint density at radius 3 is 1.09 bits per heavy atom. The Bertz CT molecular complexity index is 86.1. The summed E-state index contributed by atoms with van der Waals surface area (Å²) in [5.74, 6) is -4.01. The summed E-state index contributed by atoms with van der Waals surface area (Å²) in [7, 11) is 0. The van der Waals surface area contributed by atoms with E-state index in [0.717, 1.165) is 0 Å². The van der Waals surface area contributed by atoms with Crippen molar-refractivity contribution in [2.45, 2.75) is 0 Å². The first kappa shape index (κ1) is 40.8. The molecule has 4 nitrogen and oxygen atoms in total. The zero-order chi connectivity index (χ0) is 5.15. The maximum atomic E-state index is 9.04. The van der Waals surface area contributed by atoms with Crippen LogP contribution in [0.5, 0.6) is 0 Å². The van der Waals surface area contributed by atoms with E-state index in [0.29, 0.717) is 0 Å². The van der Waals surface area contributed by atoms with Crippen molar-refractivity contribution in [1.82, 2.24) is 0 Å². The molecule has 0 saturated heterocycles. The largest absolute Gasteiger partial charge is 5.00 e. The van der Waals surface area contributed by atoms with Gasteiger partial charge < -0.3 is 64.6 Å². The zero-order valence-corrected chi connectivity index (χ0v) is 9.85. The second-order valence-corrected chi connectivity index (χ2v) is 0.593. The molecule has 0 bridgehead atoms. The average Bonchev–Trinajstić information content (AvgIpc) is 1.36. The molecule has 0 fully saturated rings. The number of rotatable bonds is 0. The van der Waals surface area contributed by atoms with Gasteiger partial charge in [0.2, 0.25) is 0 Å². The van der Waals surface area contributed by atoms with Gasteiger partial charge in [-0.15, -0.1) is 0 Å². The molecule has 0 saturated carbocycles. The summed E-state index contributed by atoms with van der Waals surface area (Å²) in [5, 5.41) is 16.3. The summed E-state index contributed by atoms with van der Waals surface area (Å²) in [5.41, 5.74) is 0. The average molecular weight is 324 g/mol.